The van der Waals surface area contributed by atoms with Gasteiger partial charge >= 0.3 is 6.09 Å². The van der Waals surface area contributed by atoms with Gasteiger partial charge in [0.2, 0.25) is 5.91 Å². The van der Waals surface area contributed by atoms with Crippen molar-refractivity contribution in [2.75, 3.05) is 38.2 Å². The summed E-state index contributed by atoms with van der Waals surface area (Å²) in [4.78, 5) is 30.2. The normalized spacial score (nSPS) is 23.5. The first-order valence-corrected chi connectivity index (χ1v) is 11.7. The van der Waals surface area contributed by atoms with E-state index in [-0.39, 0.29) is 59.9 Å². The van der Waals surface area contributed by atoms with E-state index in [1.807, 2.05) is 25.7 Å². The zero-order valence-corrected chi connectivity index (χ0v) is 21.2. The molecule has 10 nitrogen and oxygen atoms in total. The molecule has 0 aromatic heterocycles. The lowest BCUT2D eigenvalue weighted by atomic mass is 10.2. The Morgan fingerprint density at radius 3 is 2.43 bits per heavy atom. The van der Waals surface area contributed by atoms with E-state index < -0.39 is 21.5 Å². The van der Waals surface area contributed by atoms with Gasteiger partial charge in [-0.15, -0.1) is 24.0 Å². The van der Waals surface area contributed by atoms with Crippen molar-refractivity contribution < 1.29 is 22.7 Å². The van der Waals surface area contributed by atoms with E-state index >= 15 is 0 Å². The van der Waals surface area contributed by atoms with E-state index in [0.29, 0.717) is 25.5 Å². The van der Waals surface area contributed by atoms with Crippen LogP contribution in [-0.4, -0.2) is 87.2 Å². The van der Waals surface area contributed by atoms with Gasteiger partial charge in [-0.05, 0) is 33.6 Å². The molecule has 2 amide bonds. The fourth-order valence-corrected chi connectivity index (χ4v) is 5.05. The summed E-state index contributed by atoms with van der Waals surface area (Å²) < 4.78 is 28.2. The second-order valence-corrected chi connectivity index (χ2v) is 10.7. The number of nitrogens with zero attached hydrogens (tertiary/aromatic N) is 2. The molecule has 2 saturated heterocycles. The first-order chi connectivity index (χ1) is 13.5. The van der Waals surface area contributed by atoms with E-state index in [0.717, 1.165) is 13.0 Å². The van der Waals surface area contributed by atoms with Crippen molar-refractivity contribution in [2.24, 2.45) is 4.99 Å². The Labute approximate surface area is 195 Å². The number of amides is 2. The maximum absolute atomic E-state index is 12.0. The Hall–Kier alpha value is -1.31. The SMILES string of the molecule is CN=C(NCCC(=O)NC1CCS(=O)(=O)C1)N1CCC(NC(=O)OC(C)(C)C)C1.I. The highest BCUT2D eigenvalue weighted by Gasteiger charge is 2.29. The van der Waals surface area contributed by atoms with E-state index in [1.54, 1.807) is 7.05 Å². The summed E-state index contributed by atoms with van der Waals surface area (Å²) in [7, 11) is -1.34. The number of nitrogens with one attached hydrogen (secondary N) is 3. The molecule has 3 N–H and O–H groups in total. The second kappa shape index (κ2) is 11.3. The molecule has 0 aromatic rings. The summed E-state index contributed by atoms with van der Waals surface area (Å²) in [6.07, 6.45) is 1.04. The Balaban J connectivity index is 0.00000450. The zero-order valence-electron chi connectivity index (χ0n) is 18.1. The highest BCUT2D eigenvalue weighted by Crippen LogP contribution is 2.13. The number of alkyl carbamates (subject to hydrolysis) is 1. The molecule has 0 radical (unpaired) electrons. The number of halogens is 1. The maximum atomic E-state index is 12.0. The lowest BCUT2D eigenvalue weighted by Gasteiger charge is -2.23. The van der Waals surface area contributed by atoms with E-state index in [9.17, 15) is 18.0 Å². The minimum Gasteiger partial charge on any atom is -0.444 e. The number of likely N-dealkylation sites (tertiary alicyclic amines) is 1. The van der Waals surface area contributed by atoms with Crippen LogP contribution >= 0.6 is 24.0 Å². The quantitative estimate of drug-likeness (QED) is 0.254. The van der Waals surface area contributed by atoms with Gasteiger partial charge in [-0.1, -0.05) is 0 Å². The summed E-state index contributed by atoms with van der Waals surface area (Å²) in [5.74, 6) is 0.639. The molecule has 0 aliphatic carbocycles. The van der Waals surface area contributed by atoms with Gasteiger partial charge in [-0.25, -0.2) is 13.2 Å². The number of carbonyl (C=O) groups excluding carboxylic acids is 2. The van der Waals surface area contributed by atoms with Crippen molar-refractivity contribution >= 4 is 51.8 Å². The molecule has 0 bridgehead atoms. The minimum absolute atomic E-state index is 0. The third-order valence-electron chi connectivity index (χ3n) is 4.65. The van der Waals surface area contributed by atoms with Crippen LogP contribution in [0.1, 0.15) is 40.0 Å². The molecule has 0 aromatic carbocycles. The molecular weight excluding hydrogens is 525 g/mol. The molecule has 2 fully saturated rings. The van der Waals surface area contributed by atoms with Crippen molar-refractivity contribution in [3.63, 3.8) is 0 Å². The monoisotopic (exact) mass is 559 g/mol. The number of carbonyl (C=O) groups is 2. The third kappa shape index (κ3) is 9.23. The first kappa shape index (κ1) is 26.7. The van der Waals surface area contributed by atoms with Gasteiger partial charge in [0.05, 0.1) is 17.5 Å². The minimum atomic E-state index is -3.01. The van der Waals surface area contributed by atoms with Crippen LogP contribution in [0, 0.1) is 0 Å². The molecule has 2 unspecified atom stereocenters. The number of hydrogen-bond donors (Lipinski definition) is 3. The molecule has 0 spiro atoms. The molecule has 12 heteroatoms. The molecule has 2 aliphatic heterocycles. The average Bonchev–Trinajstić information content (AvgIpc) is 3.16. The van der Waals surface area contributed by atoms with Crippen LogP contribution in [-0.2, 0) is 19.4 Å². The summed E-state index contributed by atoms with van der Waals surface area (Å²) in [6, 6.07) is -0.318. The summed E-state index contributed by atoms with van der Waals surface area (Å²) >= 11 is 0. The fourth-order valence-electron chi connectivity index (χ4n) is 3.37. The second-order valence-electron chi connectivity index (χ2n) is 8.47. The third-order valence-corrected chi connectivity index (χ3v) is 6.42. The van der Waals surface area contributed by atoms with Crippen molar-refractivity contribution in [3.8, 4) is 0 Å². The molecule has 174 valence electrons. The van der Waals surface area contributed by atoms with Gasteiger partial charge in [-0.2, -0.15) is 0 Å². The van der Waals surface area contributed by atoms with Crippen LogP contribution < -0.4 is 16.0 Å². The Bertz CT molecular complexity index is 738. The predicted molar refractivity (Wildman–Crippen MR) is 126 cm³/mol. The van der Waals surface area contributed by atoms with Gasteiger partial charge in [0.15, 0.2) is 15.8 Å². The van der Waals surface area contributed by atoms with Crippen molar-refractivity contribution in [2.45, 2.75) is 57.7 Å². The summed E-state index contributed by atoms with van der Waals surface area (Å²) in [6.45, 7) is 7.18. The highest BCUT2D eigenvalue weighted by atomic mass is 127. The fraction of sp³-hybridized carbons (Fsp3) is 0.833. The van der Waals surface area contributed by atoms with Gasteiger partial charge in [0.25, 0.3) is 0 Å². The number of guanidine groups is 1. The average molecular weight is 559 g/mol. The molecule has 2 aliphatic rings. The highest BCUT2D eigenvalue weighted by molar-refractivity contribution is 14.0. The van der Waals surface area contributed by atoms with Crippen molar-refractivity contribution in [1.82, 2.24) is 20.9 Å². The summed E-state index contributed by atoms with van der Waals surface area (Å²) in [5, 5.41) is 8.79. The largest absolute Gasteiger partial charge is 0.444 e. The maximum Gasteiger partial charge on any atom is 0.407 e. The number of rotatable bonds is 5. The Morgan fingerprint density at radius 2 is 1.87 bits per heavy atom. The lowest BCUT2D eigenvalue weighted by molar-refractivity contribution is -0.121. The van der Waals surface area contributed by atoms with Crippen molar-refractivity contribution in [1.29, 1.82) is 0 Å². The predicted octanol–water partition coefficient (Wildman–Crippen LogP) is 0.472. The molecule has 30 heavy (non-hydrogen) atoms. The molecule has 0 saturated carbocycles. The number of ether oxygens (including phenoxy) is 1. The molecule has 2 heterocycles. The lowest BCUT2D eigenvalue weighted by Crippen LogP contribution is -2.45. The number of hydrogen-bond acceptors (Lipinski definition) is 6. The number of aliphatic imine (C=N–C) groups is 1. The van der Waals surface area contributed by atoms with Crippen LogP contribution in [0.15, 0.2) is 4.99 Å². The van der Waals surface area contributed by atoms with Crippen LogP contribution in [0.25, 0.3) is 0 Å². The Kier molecular flexibility index (Phi) is 10.1. The molecule has 2 atom stereocenters. The van der Waals surface area contributed by atoms with Crippen LogP contribution in [0.5, 0.6) is 0 Å². The van der Waals surface area contributed by atoms with Crippen LogP contribution in [0.4, 0.5) is 4.79 Å². The molecule has 2 rings (SSSR count). The first-order valence-electron chi connectivity index (χ1n) is 9.92. The van der Waals surface area contributed by atoms with E-state index in [2.05, 4.69) is 20.9 Å². The van der Waals surface area contributed by atoms with Gasteiger partial charge in [0.1, 0.15) is 5.60 Å². The van der Waals surface area contributed by atoms with Gasteiger partial charge in [-0.3, -0.25) is 9.79 Å². The van der Waals surface area contributed by atoms with E-state index in [4.69, 9.17) is 4.74 Å². The molecular formula is C18H34IN5O5S. The number of sulfone groups is 1. The van der Waals surface area contributed by atoms with E-state index in [1.165, 1.54) is 0 Å². The standard InChI is InChI=1S/C18H33N5O5S.HI/c1-18(2,3)28-17(25)22-13-6-9-23(11-13)16(19-4)20-8-5-15(24)21-14-7-10-29(26,27)12-14;/h13-14H,5-12H2,1-4H3,(H,19,20)(H,21,24)(H,22,25);1H. The zero-order chi connectivity index (χ0) is 21.7. The summed E-state index contributed by atoms with van der Waals surface area (Å²) in [5.41, 5.74) is -0.538. The Morgan fingerprint density at radius 1 is 1.17 bits per heavy atom. The van der Waals surface area contributed by atoms with Gasteiger partial charge in [0, 0.05) is 39.1 Å². The van der Waals surface area contributed by atoms with Crippen LogP contribution in [0.3, 0.4) is 0 Å². The van der Waals surface area contributed by atoms with Crippen LogP contribution in [0.2, 0.25) is 0 Å². The van der Waals surface area contributed by atoms with Crippen molar-refractivity contribution in [3.05, 3.63) is 0 Å². The topological polar surface area (TPSA) is 129 Å². The van der Waals surface area contributed by atoms with Gasteiger partial charge < -0.3 is 25.6 Å². The smallest absolute Gasteiger partial charge is 0.407 e.